The van der Waals surface area contributed by atoms with Crippen LogP contribution in [0.15, 0.2) is 23.8 Å². The first-order valence-electron chi connectivity index (χ1n) is 5.55. The molecular formula is C13H15ClFN. The Labute approximate surface area is 100 Å². The second-order valence-electron chi connectivity index (χ2n) is 4.31. The van der Waals surface area contributed by atoms with E-state index in [0.717, 1.165) is 31.2 Å². The van der Waals surface area contributed by atoms with Crippen LogP contribution in [0.3, 0.4) is 0 Å². The minimum absolute atomic E-state index is 0.247. The van der Waals surface area contributed by atoms with Crippen LogP contribution in [0.25, 0.3) is 6.08 Å². The van der Waals surface area contributed by atoms with Gasteiger partial charge in [0, 0.05) is 11.1 Å². The van der Waals surface area contributed by atoms with Gasteiger partial charge in [-0.3, -0.25) is 0 Å². The lowest BCUT2D eigenvalue weighted by molar-refractivity contribution is 0.514. The Morgan fingerprint density at radius 3 is 2.69 bits per heavy atom. The number of benzene rings is 1. The van der Waals surface area contributed by atoms with Crippen molar-refractivity contribution in [3.05, 3.63) is 40.2 Å². The summed E-state index contributed by atoms with van der Waals surface area (Å²) in [6.45, 7) is 0. The van der Waals surface area contributed by atoms with Gasteiger partial charge in [0.1, 0.15) is 5.82 Å². The molecule has 0 amide bonds. The molecule has 2 rings (SSSR count). The smallest absolute Gasteiger partial charge is 0.123 e. The zero-order chi connectivity index (χ0) is 11.5. The molecule has 1 aliphatic carbocycles. The number of rotatable bonds is 1. The zero-order valence-corrected chi connectivity index (χ0v) is 9.80. The van der Waals surface area contributed by atoms with Crippen molar-refractivity contribution in [1.29, 1.82) is 0 Å². The fourth-order valence-corrected chi connectivity index (χ4v) is 2.17. The maximum atomic E-state index is 13.1. The van der Waals surface area contributed by atoms with Gasteiger partial charge in [-0.25, -0.2) is 4.39 Å². The summed E-state index contributed by atoms with van der Waals surface area (Å²) in [5.74, 6) is -0.247. The molecule has 86 valence electrons. The van der Waals surface area contributed by atoms with E-state index in [-0.39, 0.29) is 5.82 Å². The van der Waals surface area contributed by atoms with Gasteiger partial charge in [0.05, 0.1) is 0 Å². The van der Waals surface area contributed by atoms with Crippen molar-refractivity contribution in [2.24, 2.45) is 5.73 Å². The van der Waals surface area contributed by atoms with Crippen molar-refractivity contribution in [2.45, 2.75) is 31.7 Å². The van der Waals surface area contributed by atoms with Crippen LogP contribution in [0.5, 0.6) is 0 Å². The fraction of sp³-hybridized carbons (Fsp3) is 0.385. The lowest BCUT2D eigenvalue weighted by Gasteiger charge is -2.20. The van der Waals surface area contributed by atoms with Crippen molar-refractivity contribution >= 4 is 17.7 Å². The van der Waals surface area contributed by atoms with Crippen LogP contribution in [-0.4, -0.2) is 6.04 Å². The first-order chi connectivity index (χ1) is 7.65. The van der Waals surface area contributed by atoms with Gasteiger partial charge in [-0.05, 0) is 49.4 Å². The highest BCUT2D eigenvalue weighted by Gasteiger charge is 2.12. The highest BCUT2D eigenvalue weighted by Crippen LogP contribution is 2.27. The number of allylic oxidation sites excluding steroid dienone is 1. The van der Waals surface area contributed by atoms with E-state index in [1.807, 2.05) is 6.08 Å². The van der Waals surface area contributed by atoms with Crippen molar-refractivity contribution in [3.63, 3.8) is 0 Å². The first-order valence-corrected chi connectivity index (χ1v) is 5.93. The molecule has 1 aliphatic rings. The van der Waals surface area contributed by atoms with Gasteiger partial charge in [-0.15, -0.1) is 0 Å². The average molecular weight is 240 g/mol. The van der Waals surface area contributed by atoms with Crippen LogP contribution in [0.4, 0.5) is 4.39 Å². The van der Waals surface area contributed by atoms with Crippen molar-refractivity contribution in [3.8, 4) is 0 Å². The van der Waals surface area contributed by atoms with Crippen molar-refractivity contribution < 1.29 is 4.39 Å². The Morgan fingerprint density at radius 1 is 1.31 bits per heavy atom. The molecule has 1 nitrogen and oxygen atoms in total. The average Bonchev–Trinajstić information content (AvgIpc) is 2.27. The molecule has 1 saturated carbocycles. The Balaban J connectivity index is 2.19. The maximum absolute atomic E-state index is 13.1. The van der Waals surface area contributed by atoms with Gasteiger partial charge in [0.2, 0.25) is 0 Å². The molecule has 0 unspecified atom stereocenters. The number of hydrogen-bond acceptors (Lipinski definition) is 1. The van der Waals surface area contributed by atoms with Crippen LogP contribution in [0.1, 0.15) is 31.2 Å². The Bertz CT molecular complexity index is 404. The van der Waals surface area contributed by atoms with Gasteiger partial charge in [-0.2, -0.15) is 0 Å². The largest absolute Gasteiger partial charge is 0.328 e. The summed E-state index contributed by atoms with van der Waals surface area (Å²) in [7, 11) is 0. The molecule has 1 aromatic carbocycles. The van der Waals surface area contributed by atoms with Crippen molar-refractivity contribution in [2.75, 3.05) is 0 Å². The van der Waals surface area contributed by atoms with Crippen molar-refractivity contribution in [1.82, 2.24) is 0 Å². The molecule has 2 N–H and O–H groups in total. The molecule has 1 aromatic rings. The summed E-state index contributed by atoms with van der Waals surface area (Å²) in [5.41, 5.74) is 7.92. The number of halogens is 2. The molecule has 0 heterocycles. The summed E-state index contributed by atoms with van der Waals surface area (Å²) in [6.07, 6.45) is 6.01. The third-order valence-corrected chi connectivity index (χ3v) is 3.33. The van der Waals surface area contributed by atoms with Gasteiger partial charge < -0.3 is 5.73 Å². The maximum Gasteiger partial charge on any atom is 0.123 e. The van der Waals surface area contributed by atoms with E-state index < -0.39 is 0 Å². The molecule has 0 aliphatic heterocycles. The van der Waals surface area contributed by atoms with Crippen LogP contribution < -0.4 is 5.73 Å². The van der Waals surface area contributed by atoms with Crippen LogP contribution in [0.2, 0.25) is 5.02 Å². The van der Waals surface area contributed by atoms with E-state index in [9.17, 15) is 4.39 Å². The molecule has 0 atom stereocenters. The van der Waals surface area contributed by atoms with Gasteiger partial charge in [0.25, 0.3) is 0 Å². The molecule has 0 bridgehead atoms. The fourth-order valence-electron chi connectivity index (χ4n) is 2.00. The van der Waals surface area contributed by atoms with Gasteiger partial charge in [-0.1, -0.05) is 23.3 Å². The third-order valence-electron chi connectivity index (χ3n) is 2.99. The minimum atomic E-state index is -0.247. The van der Waals surface area contributed by atoms with E-state index in [2.05, 4.69) is 0 Å². The monoisotopic (exact) mass is 239 g/mol. The normalized spacial score (nSPS) is 20.9. The molecule has 0 saturated heterocycles. The predicted molar refractivity (Wildman–Crippen MR) is 65.8 cm³/mol. The van der Waals surface area contributed by atoms with E-state index >= 15 is 0 Å². The first kappa shape index (κ1) is 11.6. The Morgan fingerprint density at radius 2 is 2.00 bits per heavy atom. The van der Waals surface area contributed by atoms with E-state index in [4.69, 9.17) is 17.3 Å². The van der Waals surface area contributed by atoms with E-state index in [0.29, 0.717) is 11.1 Å². The molecule has 16 heavy (non-hydrogen) atoms. The molecule has 3 heteroatoms. The number of nitrogens with two attached hydrogens (primary N) is 1. The van der Waals surface area contributed by atoms with Gasteiger partial charge in [0.15, 0.2) is 0 Å². The summed E-state index contributed by atoms with van der Waals surface area (Å²) < 4.78 is 13.1. The zero-order valence-electron chi connectivity index (χ0n) is 9.05. The Kier molecular flexibility index (Phi) is 3.62. The SMILES string of the molecule is NC1CCC(=Cc2cc(F)ccc2Cl)CC1. The second-order valence-corrected chi connectivity index (χ2v) is 4.71. The van der Waals surface area contributed by atoms with Crippen LogP contribution in [-0.2, 0) is 0 Å². The molecule has 0 spiro atoms. The third kappa shape index (κ3) is 2.83. The Hall–Kier alpha value is -0.860. The standard InChI is InChI=1S/C13H15ClFN/c14-13-6-3-11(15)8-10(13)7-9-1-4-12(16)5-2-9/h3,6-8,12H,1-2,4-5,16H2. The summed E-state index contributed by atoms with van der Waals surface area (Å²) in [4.78, 5) is 0. The van der Waals surface area contributed by atoms with Crippen LogP contribution >= 0.6 is 11.6 Å². The van der Waals surface area contributed by atoms with E-state index in [1.165, 1.54) is 17.7 Å². The lowest BCUT2D eigenvalue weighted by Crippen LogP contribution is -2.23. The number of hydrogen-bond donors (Lipinski definition) is 1. The molecular weight excluding hydrogens is 225 g/mol. The van der Waals surface area contributed by atoms with Crippen LogP contribution in [0, 0.1) is 5.82 Å². The topological polar surface area (TPSA) is 26.0 Å². The highest BCUT2D eigenvalue weighted by atomic mass is 35.5. The molecule has 0 aromatic heterocycles. The summed E-state index contributed by atoms with van der Waals surface area (Å²) in [5, 5.41) is 0.601. The lowest BCUT2D eigenvalue weighted by atomic mass is 9.90. The summed E-state index contributed by atoms with van der Waals surface area (Å²) in [6, 6.07) is 4.77. The van der Waals surface area contributed by atoms with Gasteiger partial charge >= 0.3 is 0 Å². The van der Waals surface area contributed by atoms with E-state index in [1.54, 1.807) is 6.07 Å². The highest BCUT2D eigenvalue weighted by molar-refractivity contribution is 6.32. The predicted octanol–water partition coefficient (Wildman–Crippen LogP) is 3.76. The molecule has 1 fully saturated rings. The quantitative estimate of drug-likeness (QED) is 0.793. The molecule has 0 radical (unpaired) electrons. The minimum Gasteiger partial charge on any atom is -0.328 e. The summed E-state index contributed by atoms with van der Waals surface area (Å²) >= 11 is 6.01. The second kappa shape index (κ2) is 4.98.